The highest BCUT2D eigenvalue weighted by Crippen LogP contribution is 2.33. The van der Waals surface area contributed by atoms with Gasteiger partial charge in [0.05, 0.1) is 17.3 Å². The van der Waals surface area contributed by atoms with Gasteiger partial charge in [0.25, 0.3) is 0 Å². The molecule has 2 aromatic carbocycles. The predicted molar refractivity (Wildman–Crippen MR) is 82.1 cm³/mol. The van der Waals surface area contributed by atoms with Gasteiger partial charge in [-0.2, -0.15) is 0 Å². The second-order valence-electron chi connectivity index (χ2n) is 4.49. The molecule has 98 valence electrons. The minimum atomic E-state index is 0.700. The highest BCUT2D eigenvalue weighted by Gasteiger charge is 2.17. The lowest BCUT2D eigenvalue weighted by Gasteiger charge is -2.12. The molecule has 0 radical (unpaired) electrons. The Balaban J connectivity index is 1.83. The van der Waals surface area contributed by atoms with E-state index in [0.717, 1.165) is 39.5 Å². The van der Waals surface area contributed by atoms with Crippen molar-refractivity contribution < 1.29 is 4.74 Å². The van der Waals surface area contributed by atoms with E-state index in [4.69, 9.17) is 16.3 Å². The minimum absolute atomic E-state index is 0.700. The number of hydrogen-bond acceptors (Lipinski definition) is 2. The maximum Gasteiger partial charge on any atom is 0.127 e. The summed E-state index contributed by atoms with van der Waals surface area (Å²) in [5, 5.41) is 4.08. The number of para-hydroxylation sites is 1. The van der Waals surface area contributed by atoms with Crippen molar-refractivity contribution in [1.82, 2.24) is 0 Å². The first kappa shape index (κ1) is 12.8. The van der Waals surface area contributed by atoms with Crippen molar-refractivity contribution in [3.63, 3.8) is 0 Å². The van der Waals surface area contributed by atoms with E-state index in [9.17, 15) is 0 Å². The molecule has 0 atom stereocenters. The van der Waals surface area contributed by atoms with Gasteiger partial charge >= 0.3 is 0 Å². The van der Waals surface area contributed by atoms with Gasteiger partial charge in [-0.1, -0.05) is 39.7 Å². The molecule has 2 nitrogen and oxygen atoms in total. The van der Waals surface area contributed by atoms with Crippen molar-refractivity contribution >= 4 is 33.2 Å². The first-order chi connectivity index (χ1) is 9.24. The van der Waals surface area contributed by atoms with Crippen molar-refractivity contribution in [2.45, 2.75) is 13.0 Å². The van der Waals surface area contributed by atoms with Crippen LogP contribution in [0.4, 0.5) is 5.69 Å². The summed E-state index contributed by atoms with van der Waals surface area (Å²) in [6, 6.07) is 12.0. The van der Waals surface area contributed by atoms with Gasteiger partial charge in [-0.15, -0.1) is 0 Å². The van der Waals surface area contributed by atoms with Gasteiger partial charge in [-0.05, 0) is 29.8 Å². The molecule has 0 unspecified atom stereocenters. The number of hydrogen-bond donors (Lipinski definition) is 1. The molecule has 1 N–H and O–H groups in total. The Bertz CT molecular complexity index is 615. The topological polar surface area (TPSA) is 21.3 Å². The maximum absolute atomic E-state index is 6.14. The SMILES string of the molecule is Clc1ccccc1NCc1cc(Br)cc2c1OCC2. The Morgan fingerprint density at radius 2 is 2.11 bits per heavy atom. The van der Waals surface area contributed by atoms with Crippen LogP contribution in [0.2, 0.25) is 5.02 Å². The zero-order valence-electron chi connectivity index (χ0n) is 10.2. The third kappa shape index (κ3) is 2.72. The number of anilines is 1. The molecule has 0 saturated carbocycles. The third-order valence-corrected chi connectivity index (χ3v) is 3.96. The van der Waals surface area contributed by atoms with Crippen molar-refractivity contribution in [2.24, 2.45) is 0 Å². The number of rotatable bonds is 3. The fraction of sp³-hybridized carbons (Fsp3) is 0.200. The summed E-state index contributed by atoms with van der Waals surface area (Å²) in [5.74, 6) is 1.02. The van der Waals surface area contributed by atoms with Crippen molar-refractivity contribution in [1.29, 1.82) is 0 Å². The van der Waals surface area contributed by atoms with Gasteiger partial charge in [0.15, 0.2) is 0 Å². The van der Waals surface area contributed by atoms with E-state index in [2.05, 4.69) is 33.4 Å². The predicted octanol–water partition coefficient (Wildman–Crippen LogP) is 4.65. The molecule has 1 aliphatic rings. The van der Waals surface area contributed by atoms with Crippen LogP contribution in [0.1, 0.15) is 11.1 Å². The van der Waals surface area contributed by atoms with Crippen molar-refractivity contribution in [3.05, 3.63) is 57.0 Å². The van der Waals surface area contributed by atoms with Crippen LogP contribution in [0.15, 0.2) is 40.9 Å². The molecule has 1 heterocycles. The molecule has 0 bridgehead atoms. The Kier molecular flexibility index (Phi) is 3.67. The van der Waals surface area contributed by atoms with Crippen molar-refractivity contribution in [3.8, 4) is 5.75 Å². The number of ether oxygens (including phenoxy) is 1. The van der Waals surface area contributed by atoms with Crippen LogP contribution >= 0.6 is 27.5 Å². The standard InChI is InChI=1S/C15H13BrClNO/c16-12-7-10-5-6-19-15(10)11(8-12)9-18-14-4-2-1-3-13(14)17/h1-4,7-8,18H,5-6,9H2. The Morgan fingerprint density at radius 3 is 2.95 bits per heavy atom. The first-order valence-corrected chi connectivity index (χ1v) is 7.33. The molecule has 0 fully saturated rings. The fourth-order valence-corrected chi connectivity index (χ4v) is 3.03. The highest BCUT2D eigenvalue weighted by molar-refractivity contribution is 9.10. The average Bonchev–Trinajstić information content (AvgIpc) is 2.85. The van der Waals surface area contributed by atoms with Gasteiger partial charge in [-0.3, -0.25) is 0 Å². The zero-order chi connectivity index (χ0) is 13.2. The highest BCUT2D eigenvalue weighted by atomic mass is 79.9. The number of fused-ring (bicyclic) bond motifs is 1. The molecule has 0 spiro atoms. The molecule has 0 aliphatic carbocycles. The van der Waals surface area contributed by atoms with E-state index in [1.807, 2.05) is 24.3 Å². The summed E-state index contributed by atoms with van der Waals surface area (Å²) in [6.45, 7) is 1.47. The molecule has 0 aromatic heterocycles. The minimum Gasteiger partial charge on any atom is -0.493 e. The lowest BCUT2D eigenvalue weighted by Crippen LogP contribution is -2.02. The number of nitrogens with one attached hydrogen (secondary N) is 1. The Hall–Kier alpha value is -1.19. The van der Waals surface area contributed by atoms with E-state index < -0.39 is 0 Å². The summed E-state index contributed by atoms with van der Waals surface area (Å²) in [4.78, 5) is 0. The average molecular weight is 339 g/mol. The Morgan fingerprint density at radius 1 is 1.26 bits per heavy atom. The Labute approximate surface area is 125 Å². The molecule has 0 amide bonds. The lowest BCUT2D eigenvalue weighted by molar-refractivity contribution is 0.354. The van der Waals surface area contributed by atoms with Crippen LogP contribution in [0.5, 0.6) is 5.75 Å². The summed E-state index contributed by atoms with van der Waals surface area (Å²) in [6.07, 6.45) is 0.980. The summed E-state index contributed by atoms with van der Waals surface area (Å²) >= 11 is 9.68. The van der Waals surface area contributed by atoms with E-state index in [1.165, 1.54) is 5.56 Å². The van der Waals surface area contributed by atoms with E-state index in [0.29, 0.717) is 6.54 Å². The molecule has 4 heteroatoms. The van der Waals surface area contributed by atoms with E-state index >= 15 is 0 Å². The van der Waals surface area contributed by atoms with Gasteiger partial charge in [-0.25, -0.2) is 0 Å². The van der Waals surface area contributed by atoms with Gasteiger partial charge in [0.2, 0.25) is 0 Å². The lowest BCUT2D eigenvalue weighted by atomic mass is 10.1. The normalized spacial score (nSPS) is 12.9. The van der Waals surface area contributed by atoms with Crippen LogP contribution in [0.25, 0.3) is 0 Å². The van der Waals surface area contributed by atoms with Crippen LogP contribution < -0.4 is 10.1 Å². The van der Waals surface area contributed by atoms with Gasteiger partial charge in [0, 0.05) is 23.0 Å². The zero-order valence-corrected chi connectivity index (χ0v) is 12.6. The van der Waals surface area contributed by atoms with Gasteiger partial charge < -0.3 is 10.1 Å². The first-order valence-electron chi connectivity index (χ1n) is 6.16. The summed E-state index contributed by atoms with van der Waals surface area (Å²) in [5.41, 5.74) is 3.36. The fourth-order valence-electron chi connectivity index (χ4n) is 2.27. The molecule has 3 rings (SSSR count). The molecular weight excluding hydrogens is 326 g/mol. The summed E-state index contributed by atoms with van der Waals surface area (Å²) in [7, 11) is 0. The quantitative estimate of drug-likeness (QED) is 0.879. The van der Waals surface area contributed by atoms with Crippen molar-refractivity contribution in [2.75, 3.05) is 11.9 Å². The second-order valence-corrected chi connectivity index (χ2v) is 5.81. The number of benzene rings is 2. The summed E-state index contributed by atoms with van der Waals surface area (Å²) < 4.78 is 6.80. The molecule has 0 saturated heterocycles. The molecule has 2 aromatic rings. The van der Waals surface area contributed by atoms with E-state index in [1.54, 1.807) is 0 Å². The molecular formula is C15H13BrClNO. The third-order valence-electron chi connectivity index (χ3n) is 3.17. The largest absolute Gasteiger partial charge is 0.493 e. The molecule has 19 heavy (non-hydrogen) atoms. The van der Waals surface area contributed by atoms with Crippen LogP contribution in [0, 0.1) is 0 Å². The maximum atomic E-state index is 6.14. The number of halogens is 2. The van der Waals surface area contributed by atoms with E-state index in [-0.39, 0.29) is 0 Å². The second kappa shape index (κ2) is 5.43. The van der Waals surface area contributed by atoms with Gasteiger partial charge in [0.1, 0.15) is 5.75 Å². The van der Waals surface area contributed by atoms with Crippen LogP contribution in [-0.2, 0) is 13.0 Å². The van der Waals surface area contributed by atoms with Crippen LogP contribution in [0.3, 0.4) is 0 Å². The smallest absolute Gasteiger partial charge is 0.127 e. The molecule has 1 aliphatic heterocycles. The van der Waals surface area contributed by atoms with Crippen LogP contribution in [-0.4, -0.2) is 6.61 Å². The monoisotopic (exact) mass is 337 g/mol.